The van der Waals surface area contributed by atoms with Gasteiger partial charge in [-0.2, -0.15) is 13.2 Å². The van der Waals surface area contributed by atoms with Crippen LogP contribution in [-0.4, -0.2) is 35.7 Å². The van der Waals surface area contributed by atoms with Crippen LogP contribution in [0.5, 0.6) is 0 Å². The van der Waals surface area contributed by atoms with E-state index in [9.17, 15) is 23.1 Å². The van der Waals surface area contributed by atoms with E-state index in [1.807, 2.05) is 30.3 Å². The highest BCUT2D eigenvalue weighted by atomic mass is 19.4. The zero-order valence-corrected chi connectivity index (χ0v) is 13.4. The Bertz CT molecular complexity index is 805. The van der Waals surface area contributed by atoms with E-state index in [1.165, 1.54) is 24.3 Å². The van der Waals surface area contributed by atoms with E-state index < -0.39 is 24.3 Å². The Morgan fingerprint density at radius 3 is 2.38 bits per heavy atom. The average Bonchev–Trinajstić information content (AvgIpc) is 2.63. The number of hydrogen-bond donors (Lipinski definition) is 2. The van der Waals surface area contributed by atoms with Crippen LogP contribution >= 0.6 is 0 Å². The summed E-state index contributed by atoms with van der Waals surface area (Å²) in [7, 11) is 0. The molecule has 1 aliphatic rings. The third-order valence-corrected chi connectivity index (χ3v) is 3.79. The fraction of sp³-hybridized carbons (Fsp3) is 0.222. The molecule has 0 saturated heterocycles. The van der Waals surface area contributed by atoms with Crippen molar-refractivity contribution in [3.63, 3.8) is 0 Å². The number of nitrogens with one attached hydrogen (secondary N) is 1. The maximum absolute atomic E-state index is 12.3. The lowest BCUT2D eigenvalue weighted by Gasteiger charge is -2.28. The summed E-state index contributed by atoms with van der Waals surface area (Å²) in [6.07, 6.45) is -6.34. The van der Waals surface area contributed by atoms with Gasteiger partial charge in [-0.25, -0.2) is 4.99 Å². The van der Waals surface area contributed by atoms with Gasteiger partial charge in [0.25, 0.3) is 0 Å². The van der Waals surface area contributed by atoms with Crippen LogP contribution in [0.4, 0.5) is 18.9 Å². The van der Waals surface area contributed by atoms with Crippen LogP contribution in [0.25, 0.3) is 0 Å². The van der Waals surface area contributed by atoms with Crippen molar-refractivity contribution in [2.45, 2.75) is 18.4 Å². The lowest BCUT2D eigenvalue weighted by Crippen LogP contribution is -2.32. The first-order valence-electron chi connectivity index (χ1n) is 7.77. The molecule has 2 aromatic rings. The molecule has 5 nitrogen and oxygen atoms in total. The van der Waals surface area contributed by atoms with Gasteiger partial charge >= 0.3 is 12.1 Å². The standard InChI is InChI=1S/C18H15F3N2O3/c19-18(20,21)17(25)23-13-8-6-12(7-9-13)16-22-10-14(24)15(26-16)11-4-2-1-3-5-11/h1-9,14-15,24H,10H2,(H,23,25). The second-order valence-electron chi connectivity index (χ2n) is 5.69. The monoisotopic (exact) mass is 364 g/mol. The Morgan fingerprint density at radius 2 is 1.77 bits per heavy atom. The molecule has 0 radical (unpaired) electrons. The van der Waals surface area contributed by atoms with Crippen LogP contribution in [0.2, 0.25) is 0 Å². The fourth-order valence-corrected chi connectivity index (χ4v) is 2.50. The van der Waals surface area contributed by atoms with E-state index in [1.54, 1.807) is 5.32 Å². The molecule has 0 spiro atoms. The Morgan fingerprint density at radius 1 is 1.12 bits per heavy atom. The SMILES string of the molecule is O=C(Nc1ccc(C2=NCC(O)C(c3ccccc3)O2)cc1)C(F)(F)F. The molecule has 26 heavy (non-hydrogen) atoms. The molecule has 0 saturated carbocycles. The Hall–Kier alpha value is -2.87. The number of halogens is 3. The molecule has 2 atom stereocenters. The van der Waals surface area contributed by atoms with Gasteiger partial charge < -0.3 is 15.2 Å². The number of aliphatic hydroxyl groups excluding tert-OH is 1. The Kier molecular flexibility index (Phi) is 4.94. The molecule has 0 aliphatic carbocycles. The molecule has 2 N–H and O–H groups in total. The number of aliphatic hydroxyl groups is 1. The predicted molar refractivity (Wildman–Crippen MR) is 88.8 cm³/mol. The van der Waals surface area contributed by atoms with Gasteiger partial charge in [0.2, 0.25) is 5.90 Å². The molecule has 0 bridgehead atoms. The second-order valence-corrected chi connectivity index (χ2v) is 5.69. The summed E-state index contributed by atoms with van der Waals surface area (Å²) in [5.74, 6) is -1.76. The van der Waals surface area contributed by atoms with Gasteiger partial charge in [-0.05, 0) is 29.8 Å². The van der Waals surface area contributed by atoms with Crippen molar-refractivity contribution in [3.05, 3.63) is 65.7 Å². The van der Waals surface area contributed by atoms with Gasteiger partial charge in [0.05, 0.1) is 6.54 Å². The van der Waals surface area contributed by atoms with Crippen molar-refractivity contribution in [3.8, 4) is 0 Å². The molecule has 3 rings (SSSR count). The number of benzene rings is 2. The molecule has 0 aromatic heterocycles. The molecule has 136 valence electrons. The van der Waals surface area contributed by atoms with Gasteiger partial charge in [0.1, 0.15) is 6.10 Å². The van der Waals surface area contributed by atoms with Crippen molar-refractivity contribution < 1.29 is 27.8 Å². The van der Waals surface area contributed by atoms with Crippen molar-refractivity contribution in [1.82, 2.24) is 0 Å². The number of carbonyl (C=O) groups is 1. The van der Waals surface area contributed by atoms with Crippen LogP contribution in [0.3, 0.4) is 0 Å². The number of nitrogens with zero attached hydrogens (tertiary/aromatic N) is 1. The van der Waals surface area contributed by atoms with Gasteiger partial charge in [0.15, 0.2) is 6.10 Å². The minimum Gasteiger partial charge on any atom is -0.466 e. The number of ether oxygens (including phenoxy) is 1. The summed E-state index contributed by atoms with van der Waals surface area (Å²) < 4.78 is 42.6. The molecule has 1 heterocycles. The van der Waals surface area contributed by atoms with Crippen LogP contribution < -0.4 is 5.32 Å². The summed E-state index contributed by atoms with van der Waals surface area (Å²) >= 11 is 0. The molecular weight excluding hydrogens is 349 g/mol. The summed E-state index contributed by atoms with van der Waals surface area (Å²) in [6.45, 7) is 0.140. The first-order valence-corrected chi connectivity index (χ1v) is 7.77. The zero-order valence-electron chi connectivity index (χ0n) is 13.4. The van der Waals surface area contributed by atoms with Crippen molar-refractivity contribution in [1.29, 1.82) is 0 Å². The van der Waals surface area contributed by atoms with E-state index in [2.05, 4.69) is 4.99 Å². The predicted octanol–water partition coefficient (Wildman–Crippen LogP) is 3.07. The highest BCUT2D eigenvalue weighted by Gasteiger charge is 2.38. The number of amides is 1. The molecule has 1 amide bonds. The molecule has 2 unspecified atom stereocenters. The average molecular weight is 364 g/mol. The van der Waals surface area contributed by atoms with Crippen LogP contribution in [-0.2, 0) is 9.53 Å². The minimum absolute atomic E-state index is 0.00660. The molecular formula is C18H15F3N2O3. The van der Waals surface area contributed by atoms with Gasteiger partial charge in [-0.3, -0.25) is 4.79 Å². The maximum atomic E-state index is 12.3. The highest BCUT2D eigenvalue weighted by Crippen LogP contribution is 2.27. The zero-order chi connectivity index (χ0) is 18.7. The van der Waals surface area contributed by atoms with Gasteiger partial charge in [-0.1, -0.05) is 30.3 Å². The van der Waals surface area contributed by atoms with Crippen LogP contribution in [0, 0.1) is 0 Å². The van der Waals surface area contributed by atoms with Crippen molar-refractivity contribution in [2.75, 3.05) is 11.9 Å². The number of alkyl halides is 3. The largest absolute Gasteiger partial charge is 0.471 e. The number of carbonyl (C=O) groups excluding carboxylic acids is 1. The second kappa shape index (κ2) is 7.17. The van der Waals surface area contributed by atoms with Gasteiger partial charge in [0, 0.05) is 11.3 Å². The van der Waals surface area contributed by atoms with Crippen molar-refractivity contribution >= 4 is 17.5 Å². The molecule has 0 fully saturated rings. The van der Waals surface area contributed by atoms with Crippen LogP contribution in [0.15, 0.2) is 59.6 Å². The van der Waals surface area contributed by atoms with E-state index in [0.29, 0.717) is 5.56 Å². The first kappa shape index (κ1) is 17.9. The smallest absolute Gasteiger partial charge is 0.466 e. The van der Waals surface area contributed by atoms with E-state index in [-0.39, 0.29) is 18.1 Å². The maximum Gasteiger partial charge on any atom is 0.471 e. The summed E-state index contributed by atoms with van der Waals surface area (Å²) in [4.78, 5) is 15.1. The molecule has 8 heteroatoms. The van der Waals surface area contributed by atoms with Crippen molar-refractivity contribution in [2.24, 2.45) is 4.99 Å². The normalized spacial score (nSPS) is 20.1. The number of hydrogen-bond acceptors (Lipinski definition) is 4. The van der Waals surface area contributed by atoms with Gasteiger partial charge in [-0.15, -0.1) is 0 Å². The van der Waals surface area contributed by atoms with E-state index >= 15 is 0 Å². The topological polar surface area (TPSA) is 70.9 Å². The van der Waals surface area contributed by atoms with E-state index in [0.717, 1.165) is 5.56 Å². The number of rotatable bonds is 3. The summed E-state index contributed by atoms with van der Waals surface area (Å²) in [5, 5.41) is 11.9. The highest BCUT2D eigenvalue weighted by molar-refractivity contribution is 5.97. The Balaban J connectivity index is 1.74. The fourth-order valence-electron chi connectivity index (χ4n) is 2.50. The number of anilines is 1. The first-order chi connectivity index (χ1) is 12.3. The molecule has 1 aliphatic heterocycles. The van der Waals surface area contributed by atoms with Crippen LogP contribution in [0.1, 0.15) is 17.2 Å². The molecule has 2 aromatic carbocycles. The lowest BCUT2D eigenvalue weighted by molar-refractivity contribution is -0.167. The lowest BCUT2D eigenvalue weighted by atomic mass is 10.0. The summed E-state index contributed by atoms with van der Waals surface area (Å²) in [5.41, 5.74) is 1.33. The van der Waals surface area contributed by atoms with E-state index in [4.69, 9.17) is 4.74 Å². The third kappa shape index (κ3) is 4.02. The minimum atomic E-state index is -4.95. The Labute approximate surface area is 147 Å². The summed E-state index contributed by atoms with van der Waals surface area (Å²) in [6, 6.07) is 14.8. The quantitative estimate of drug-likeness (QED) is 0.879. The number of aliphatic imine (C=N–C) groups is 1. The third-order valence-electron chi connectivity index (χ3n) is 3.79.